The Kier molecular flexibility index (Phi) is 2.36. The fourth-order valence-corrected chi connectivity index (χ4v) is 3.39. The zero-order valence-corrected chi connectivity index (χ0v) is 12.3. The molecule has 0 bridgehead atoms. The van der Waals surface area contributed by atoms with E-state index in [1.807, 2.05) is 60.9 Å². The molecule has 0 atom stereocenters. The summed E-state index contributed by atoms with van der Waals surface area (Å²) < 4.78 is 3.45. The third-order valence-electron chi connectivity index (χ3n) is 4.44. The summed E-state index contributed by atoms with van der Waals surface area (Å²) in [7, 11) is 0. The van der Waals surface area contributed by atoms with Gasteiger partial charge in [0.1, 0.15) is 18.1 Å². The number of nitrogens with zero attached hydrogens (tertiary/aromatic N) is 2. The largest absolute Gasteiger partial charge is 0.508 e. The Labute approximate surface area is 132 Å². The van der Waals surface area contributed by atoms with Crippen LogP contribution in [0.25, 0.3) is 32.7 Å². The highest BCUT2D eigenvalue weighted by Gasteiger charge is 2.19. The van der Waals surface area contributed by atoms with Gasteiger partial charge in [-0.1, -0.05) is 42.5 Å². The Balaban J connectivity index is 2.00. The Morgan fingerprint density at radius 1 is 0.783 bits per heavy atom. The molecule has 0 aliphatic carbocycles. The number of aromatic nitrogens is 2. The van der Waals surface area contributed by atoms with Crippen LogP contribution >= 0.6 is 0 Å². The van der Waals surface area contributed by atoms with Crippen molar-refractivity contribution in [1.82, 2.24) is 4.40 Å². The van der Waals surface area contributed by atoms with E-state index >= 15 is 0 Å². The maximum Gasteiger partial charge on any atom is 0.508 e. The van der Waals surface area contributed by atoms with Crippen molar-refractivity contribution in [3.8, 4) is 5.69 Å². The second-order valence-corrected chi connectivity index (χ2v) is 5.75. The molecule has 0 radical (unpaired) electrons. The van der Waals surface area contributed by atoms with Crippen LogP contribution < -0.4 is 10.3 Å². The molecule has 0 aliphatic heterocycles. The van der Waals surface area contributed by atoms with Crippen LogP contribution in [0.2, 0.25) is 0 Å². The molecule has 3 heteroatoms. The van der Waals surface area contributed by atoms with Crippen LogP contribution in [0.4, 0.5) is 0 Å². The summed E-state index contributed by atoms with van der Waals surface area (Å²) in [5.41, 5.74) is 1.81. The molecule has 2 aromatic heterocycles. The lowest BCUT2D eigenvalue weighted by molar-refractivity contribution is -0.614. The average molecular weight is 297 g/mol. The fraction of sp³-hybridized carbons (Fsp3) is 0. The van der Waals surface area contributed by atoms with Crippen molar-refractivity contribution < 1.29 is 4.57 Å². The van der Waals surface area contributed by atoms with Gasteiger partial charge in [-0.05, 0) is 35.0 Å². The van der Waals surface area contributed by atoms with Crippen LogP contribution in [-0.4, -0.2) is 4.40 Å². The summed E-state index contributed by atoms with van der Waals surface area (Å²) in [4.78, 5) is 12.9. The monoisotopic (exact) mass is 297 g/mol. The number of para-hydroxylation sites is 1. The molecule has 0 fully saturated rings. The van der Waals surface area contributed by atoms with Gasteiger partial charge in [-0.3, -0.25) is 0 Å². The molecular formula is C20H13N2O+. The maximum atomic E-state index is 12.9. The molecule has 2 heterocycles. The van der Waals surface area contributed by atoms with Crippen LogP contribution in [0, 0.1) is 0 Å². The first-order valence-electron chi connectivity index (χ1n) is 7.59. The van der Waals surface area contributed by atoms with Gasteiger partial charge >= 0.3 is 5.69 Å². The highest BCUT2D eigenvalue weighted by Crippen LogP contribution is 2.29. The smallest absolute Gasteiger partial charge is 0.196 e. The summed E-state index contributed by atoms with van der Waals surface area (Å²) in [5.74, 6) is 0. The molecular weight excluding hydrogens is 284 g/mol. The van der Waals surface area contributed by atoms with Crippen LogP contribution in [-0.2, 0) is 0 Å². The molecule has 108 valence electrons. The summed E-state index contributed by atoms with van der Waals surface area (Å²) in [6.07, 6.45) is 3.80. The fourth-order valence-electron chi connectivity index (χ4n) is 3.39. The molecule has 0 unspecified atom stereocenters. The molecule has 5 aromatic rings. The number of hydrogen-bond donors (Lipinski definition) is 0. The van der Waals surface area contributed by atoms with Gasteiger partial charge < -0.3 is 0 Å². The molecule has 0 spiro atoms. The minimum Gasteiger partial charge on any atom is -0.196 e. The highest BCUT2D eigenvalue weighted by molar-refractivity contribution is 6.13. The first-order valence-corrected chi connectivity index (χ1v) is 7.59. The van der Waals surface area contributed by atoms with E-state index in [4.69, 9.17) is 0 Å². The molecule has 5 rings (SSSR count). The van der Waals surface area contributed by atoms with Gasteiger partial charge in [-0.15, -0.1) is 0 Å². The van der Waals surface area contributed by atoms with Crippen molar-refractivity contribution in [2.45, 2.75) is 0 Å². The third kappa shape index (κ3) is 1.64. The molecule has 0 saturated heterocycles. The van der Waals surface area contributed by atoms with E-state index < -0.39 is 0 Å². The quantitative estimate of drug-likeness (QED) is 0.344. The topological polar surface area (TPSA) is 25.4 Å². The predicted molar refractivity (Wildman–Crippen MR) is 91.4 cm³/mol. The zero-order valence-electron chi connectivity index (χ0n) is 12.3. The normalized spacial score (nSPS) is 11.7. The first-order chi connectivity index (χ1) is 11.3. The van der Waals surface area contributed by atoms with E-state index in [-0.39, 0.29) is 5.69 Å². The van der Waals surface area contributed by atoms with Crippen molar-refractivity contribution in [3.05, 3.63) is 89.6 Å². The third-order valence-corrected chi connectivity index (χ3v) is 4.44. The molecule has 0 aliphatic rings. The maximum absolute atomic E-state index is 12.9. The lowest BCUT2D eigenvalue weighted by Gasteiger charge is -2.04. The Morgan fingerprint density at radius 3 is 2.43 bits per heavy atom. The van der Waals surface area contributed by atoms with Crippen molar-refractivity contribution in [1.29, 1.82) is 0 Å². The summed E-state index contributed by atoms with van der Waals surface area (Å²) in [6.45, 7) is 0. The van der Waals surface area contributed by atoms with E-state index in [0.717, 1.165) is 22.0 Å². The van der Waals surface area contributed by atoms with Crippen molar-refractivity contribution in [2.75, 3.05) is 0 Å². The SMILES string of the molecule is O=c1n2ccc3c4ccccc4cc(c[n+]1-c1ccccc1)c32. The van der Waals surface area contributed by atoms with Crippen LogP contribution in [0.5, 0.6) is 0 Å². The number of fused-ring (bicyclic) bond motifs is 2. The second-order valence-electron chi connectivity index (χ2n) is 5.75. The molecule has 23 heavy (non-hydrogen) atoms. The van der Waals surface area contributed by atoms with E-state index in [0.29, 0.717) is 0 Å². The van der Waals surface area contributed by atoms with Crippen molar-refractivity contribution >= 4 is 27.1 Å². The number of hydrogen-bond acceptors (Lipinski definition) is 1. The molecule has 3 nitrogen and oxygen atoms in total. The van der Waals surface area contributed by atoms with Crippen LogP contribution in [0.1, 0.15) is 0 Å². The van der Waals surface area contributed by atoms with Gasteiger partial charge in [-0.25, -0.2) is 0 Å². The molecule has 0 saturated carbocycles. The zero-order chi connectivity index (χ0) is 15.4. The minimum atomic E-state index is -0.0472. The van der Waals surface area contributed by atoms with Gasteiger partial charge in [0, 0.05) is 5.39 Å². The standard InChI is InChI=1S/C20H13N2O/c23-20-21-11-10-18-17-9-5-4-6-14(17)12-15(19(18)21)13-22(20)16-7-2-1-3-8-16/h1-13H/q+1. The van der Waals surface area contributed by atoms with E-state index in [1.54, 1.807) is 8.97 Å². The Hall–Kier alpha value is -3.20. The Bertz CT molecular complexity index is 1220. The summed E-state index contributed by atoms with van der Waals surface area (Å²) in [5, 5.41) is 4.55. The lowest BCUT2D eigenvalue weighted by atomic mass is 10.0. The van der Waals surface area contributed by atoms with E-state index in [1.165, 1.54) is 10.8 Å². The number of rotatable bonds is 1. The average Bonchev–Trinajstić information content (AvgIpc) is 3.05. The lowest BCUT2D eigenvalue weighted by Crippen LogP contribution is -2.50. The summed E-state index contributed by atoms with van der Waals surface area (Å²) >= 11 is 0. The van der Waals surface area contributed by atoms with Crippen LogP contribution in [0.15, 0.2) is 83.9 Å². The van der Waals surface area contributed by atoms with E-state index in [2.05, 4.69) is 18.2 Å². The Morgan fingerprint density at radius 2 is 1.57 bits per heavy atom. The summed E-state index contributed by atoms with van der Waals surface area (Å²) in [6, 6.07) is 22.2. The van der Waals surface area contributed by atoms with E-state index in [9.17, 15) is 4.79 Å². The molecule has 0 N–H and O–H groups in total. The second kappa shape index (κ2) is 4.40. The van der Waals surface area contributed by atoms with Crippen molar-refractivity contribution in [2.24, 2.45) is 0 Å². The van der Waals surface area contributed by atoms with Gasteiger partial charge in [0.2, 0.25) is 0 Å². The van der Waals surface area contributed by atoms with Gasteiger partial charge in [0.25, 0.3) is 0 Å². The number of benzene rings is 3. The van der Waals surface area contributed by atoms with Gasteiger partial charge in [-0.2, -0.15) is 13.8 Å². The first kappa shape index (κ1) is 12.4. The minimum absolute atomic E-state index is 0.0472. The van der Waals surface area contributed by atoms with Gasteiger partial charge in [0.15, 0.2) is 5.52 Å². The molecule has 3 aromatic carbocycles. The van der Waals surface area contributed by atoms with Gasteiger partial charge in [0.05, 0.1) is 5.39 Å². The predicted octanol–water partition coefficient (Wildman–Crippen LogP) is 3.32. The van der Waals surface area contributed by atoms with Crippen LogP contribution in [0.3, 0.4) is 0 Å². The van der Waals surface area contributed by atoms with Crippen molar-refractivity contribution in [3.63, 3.8) is 0 Å². The highest BCUT2D eigenvalue weighted by atomic mass is 16.1. The molecule has 0 amide bonds.